The SMILES string of the molecule is COC(=O)c1cc(Cl)c(NC(=O)c2csc(C)n2)cc1OC. The molecule has 0 aliphatic rings. The van der Waals surface area contributed by atoms with Crippen molar-refractivity contribution in [1.82, 2.24) is 4.98 Å². The molecule has 1 amide bonds. The van der Waals surface area contributed by atoms with Crippen LogP contribution in [0.1, 0.15) is 25.9 Å². The Labute approximate surface area is 136 Å². The second kappa shape index (κ2) is 6.76. The number of aromatic nitrogens is 1. The van der Waals surface area contributed by atoms with Crippen LogP contribution in [-0.4, -0.2) is 31.1 Å². The molecule has 2 aromatic rings. The van der Waals surface area contributed by atoms with Gasteiger partial charge in [-0.15, -0.1) is 11.3 Å². The van der Waals surface area contributed by atoms with E-state index in [0.29, 0.717) is 11.4 Å². The maximum Gasteiger partial charge on any atom is 0.341 e. The van der Waals surface area contributed by atoms with E-state index in [-0.39, 0.29) is 22.2 Å². The molecule has 1 N–H and O–H groups in total. The van der Waals surface area contributed by atoms with Crippen molar-refractivity contribution in [2.24, 2.45) is 0 Å². The predicted molar refractivity (Wildman–Crippen MR) is 84.1 cm³/mol. The summed E-state index contributed by atoms with van der Waals surface area (Å²) in [6, 6.07) is 2.85. The second-order valence-electron chi connectivity index (χ2n) is 4.23. The molecule has 0 saturated heterocycles. The average Bonchev–Trinajstić information content (AvgIpc) is 2.94. The van der Waals surface area contributed by atoms with Crippen LogP contribution in [0.25, 0.3) is 0 Å². The van der Waals surface area contributed by atoms with E-state index >= 15 is 0 Å². The molecule has 1 heterocycles. The molecular formula is C14H13ClN2O4S. The summed E-state index contributed by atoms with van der Waals surface area (Å²) in [4.78, 5) is 27.8. The summed E-state index contributed by atoms with van der Waals surface area (Å²) in [6.07, 6.45) is 0. The molecule has 0 aliphatic carbocycles. The lowest BCUT2D eigenvalue weighted by molar-refractivity contribution is 0.0597. The number of benzene rings is 1. The number of carbonyl (C=O) groups is 2. The van der Waals surface area contributed by atoms with Gasteiger partial charge in [-0.3, -0.25) is 4.79 Å². The Bertz CT molecular complexity index is 730. The van der Waals surface area contributed by atoms with Crippen molar-refractivity contribution in [1.29, 1.82) is 0 Å². The number of esters is 1. The van der Waals surface area contributed by atoms with E-state index in [1.165, 1.54) is 37.7 Å². The van der Waals surface area contributed by atoms with Crippen molar-refractivity contribution in [3.8, 4) is 5.75 Å². The molecule has 2 rings (SSSR count). The molecule has 0 atom stereocenters. The minimum atomic E-state index is -0.577. The van der Waals surface area contributed by atoms with Crippen LogP contribution in [0, 0.1) is 6.92 Å². The molecule has 0 bridgehead atoms. The fourth-order valence-electron chi connectivity index (χ4n) is 1.74. The zero-order valence-electron chi connectivity index (χ0n) is 12.1. The molecule has 0 unspecified atom stereocenters. The van der Waals surface area contributed by atoms with Crippen LogP contribution in [0.2, 0.25) is 5.02 Å². The molecule has 1 aromatic carbocycles. The van der Waals surface area contributed by atoms with Crippen LogP contribution in [0.5, 0.6) is 5.75 Å². The summed E-state index contributed by atoms with van der Waals surface area (Å²) < 4.78 is 9.78. The average molecular weight is 341 g/mol. The van der Waals surface area contributed by atoms with Crippen molar-refractivity contribution in [3.05, 3.63) is 38.8 Å². The Hall–Kier alpha value is -2.12. The normalized spacial score (nSPS) is 10.2. The smallest absolute Gasteiger partial charge is 0.341 e. The molecule has 0 aliphatic heterocycles. The molecule has 1 aromatic heterocycles. The van der Waals surface area contributed by atoms with E-state index in [1.807, 2.05) is 6.92 Å². The first-order valence-electron chi connectivity index (χ1n) is 6.15. The third-order valence-corrected chi connectivity index (χ3v) is 3.88. The first-order valence-corrected chi connectivity index (χ1v) is 7.41. The van der Waals surface area contributed by atoms with Crippen LogP contribution in [0.15, 0.2) is 17.5 Å². The van der Waals surface area contributed by atoms with Gasteiger partial charge < -0.3 is 14.8 Å². The van der Waals surface area contributed by atoms with Crippen molar-refractivity contribution in [2.45, 2.75) is 6.92 Å². The molecule has 116 valence electrons. The van der Waals surface area contributed by atoms with E-state index in [0.717, 1.165) is 5.01 Å². The van der Waals surface area contributed by atoms with Gasteiger partial charge >= 0.3 is 5.97 Å². The van der Waals surface area contributed by atoms with Crippen LogP contribution in [0.4, 0.5) is 5.69 Å². The van der Waals surface area contributed by atoms with E-state index < -0.39 is 5.97 Å². The standard InChI is InChI=1S/C14H13ClN2O4S/c1-7-16-11(6-22-7)13(18)17-10-5-12(20-2)8(4-9(10)15)14(19)21-3/h4-6H,1-3H3,(H,17,18). The highest BCUT2D eigenvalue weighted by molar-refractivity contribution is 7.09. The number of aryl methyl sites for hydroxylation is 1. The summed E-state index contributed by atoms with van der Waals surface area (Å²) in [5, 5.41) is 5.27. The van der Waals surface area contributed by atoms with Gasteiger partial charge in [0.1, 0.15) is 17.0 Å². The topological polar surface area (TPSA) is 77.5 Å². The van der Waals surface area contributed by atoms with Gasteiger partial charge in [-0.05, 0) is 13.0 Å². The number of methoxy groups -OCH3 is 2. The Morgan fingerprint density at radius 3 is 2.59 bits per heavy atom. The highest BCUT2D eigenvalue weighted by Crippen LogP contribution is 2.31. The number of nitrogens with one attached hydrogen (secondary N) is 1. The van der Waals surface area contributed by atoms with Crippen LogP contribution >= 0.6 is 22.9 Å². The summed E-state index contributed by atoms with van der Waals surface area (Å²) >= 11 is 7.47. The third kappa shape index (κ3) is 3.37. The minimum Gasteiger partial charge on any atom is -0.496 e. The zero-order chi connectivity index (χ0) is 16.3. The lowest BCUT2D eigenvalue weighted by Gasteiger charge is -2.12. The quantitative estimate of drug-likeness (QED) is 0.865. The fraction of sp³-hybridized carbons (Fsp3) is 0.214. The lowest BCUT2D eigenvalue weighted by atomic mass is 10.1. The lowest BCUT2D eigenvalue weighted by Crippen LogP contribution is -2.13. The number of halogens is 1. The van der Waals surface area contributed by atoms with Gasteiger partial charge in [0, 0.05) is 11.4 Å². The Kier molecular flexibility index (Phi) is 4.99. The Morgan fingerprint density at radius 1 is 1.32 bits per heavy atom. The molecule has 22 heavy (non-hydrogen) atoms. The van der Waals surface area contributed by atoms with Crippen LogP contribution in [0.3, 0.4) is 0 Å². The number of carbonyl (C=O) groups excluding carboxylic acids is 2. The number of rotatable bonds is 4. The summed E-state index contributed by atoms with van der Waals surface area (Å²) in [5.41, 5.74) is 0.800. The maximum atomic E-state index is 12.1. The van der Waals surface area contributed by atoms with E-state index in [1.54, 1.807) is 5.38 Å². The summed E-state index contributed by atoms with van der Waals surface area (Å²) in [6.45, 7) is 1.81. The highest BCUT2D eigenvalue weighted by atomic mass is 35.5. The minimum absolute atomic E-state index is 0.178. The van der Waals surface area contributed by atoms with Gasteiger partial charge in [0.15, 0.2) is 0 Å². The second-order valence-corrected chi connectivity index (χ2v) is 5.70. The van der Waals surface area contributed by atoms with Crippen molar-refractivity contribution >= 4 is 40.5 Å². The van der Waals surface area contributed by atoms with Gasteiger partial charge in [0.2, 0.25) is 0 Å². The summed E-state index contributed by atoms with van der Waals surface area (Å²) in [5.74, 6) is -0.716. The fourth-order valence-corrected chi connectivity index (χ4v) is 2.55. The number of hydrogen-bond acceptors (Lipinski definition) is 6. The largest absolute Gasteiger partial charge is 0.496 e. The predicted octanol–water partition coefficient (Wildman–Crippen LogP) is 3.15. The molecule has 6 nitrogen and oxygen atoms in total. The first kappa shape index (κ1) is 16.3. The molecule has 0 radical (unpaired) electrons. The maximum absolute atomic E-state index is 12.1. The van der Waals surface area contributed by atoms with Crippen LogP contribution < -0.4 is 10.1 Å². The monoisotopic (exact) mass is 340 g/mol. The number of anilines is 1. The van der Waals surface area contributed by atoms with Crippen molar-refractivity contribution in [2.75, 3.05) is 19.5 Å². The molecule has 0 fully saturated rings. The molecular weight excluding hydrogens is 328 g/mol. The van der Waals surface area contributed by atoms with E-state index in [2.05, 4.69) is 15.0 Å². The van der Waals surface area contributed by atoms with Gasteiger partial charge in [-0.25, -0.2) is 9.78 Å². The zero-order valence-corrected chi connectivity index (χ0v) is 13.7. The Morgan fingerprint density at radius 2 is 2.05 bits per heavy atom. The molecule has 8 heteroatoms. The number of ether oxygens (including phenoxy) is 2. The van der Waals surface area contributed by atoms with Crippen molar-refractivity contribution in [3.63, 3.8) is 0 Å². The van der Waals surface area contributed by atoms with Gasteiger partial charge in [0.05, 0.1) is 29.9 Å². The van der Waals surface area contributed by atoms with E-state index in [9.17, 15) is 9.59 Å². The van der Waals surface area contributed by atoms with Gasteiger partial charge in [-0.2, -0.15) is 0 Å². The highest BCUT2D eigenvalue weighted by Gasteiger charge is 2.18. The van der Waals surface area contributed by atoms with E-state index in [4.69, 9.17) is 16.3 Å². The first-order chi connectivity index (χ1) is 10.5. The Balaban J connectivity index is 2.32. The number of amides is 1. The van der Waals surface area contributed by atoms with Crippen molar-refractivity contribution < 1.29 is 19.1 Å². The van der Waals surface area contributed by atoms with Gasteiger partial charge in [-0.1, -0.05) is 11.6 Å². The summed E-state index contributed by atoms with van der Waals surface area (Å²) in [7, 11) is 2.67. The van der Waals surface area contributed by atoms with Gasteiger partial charge in [0.25, 0.3) is 5.91 Å². The molecule has 0 spiro atoms. The number of hydrogen-bond donors (Lipinski definition) is 1. The van der Waals surface area contributed by atoms with Crippen LogP contribution in [-0.2, 0) is 4.74 Å². The number of thiazole rings is 1. The molecule has 0 saturated carbocycles. The number of nitrogens with zero attached hydrogens (tertiary/aromatic N) is 1. The third-order valence-electron chi connectivity index (χ3n) is 2.79.